The largest absolute Gasteiger partial charge is 0.533 e. The minimum absolute atomic E-state index is 0.233. The standard InChI is InChI=1S/C9H20O6Si/c1-6-7(10)5-8(11)9(15-6)16(12-2,13-3)14-4/h6-11H,5H2,1-4H3/t6-,7+,8-,9?/m1/s1. The fourth-order valence-corrected chi connectivity index (χ4v) is 4.08. The van der Waals surface area contributed by atoms with Crippen molar-refractivity contribution in [1.82, 2.24) is 0 Å². The van der Waals surface area contributed by atoms with Gasteiger partial charge in [0, 0.05) is 27.8 Å². The van der Waals surface area contributed by atoms with E-state index in [9.17, 15) is 10.2 Å². The Labute approximate surface area is 96.4 Å². The summed E-state index contributed by atoms with van der Waals surface area (Å²) in [7, 11) is 1.36. The molecule has 0 spiro atoms. The second-order valence-electron chi connectivity index (χ2n) is 3.85. The second-order valence-corrected chi connectivity index (χ2v) is 6.85. The van der Waals surface area contributed by atoms with Gasteiger partial charge in [0.2, 0.25) is 0 Å². The van der Waals surface area contributed by atoms with Gasteiger partial charge in [0.05, 0.1) is 18.3 Å². The van der Waals surface area contributed by atoms with Crippen molar-refractivity contribution in [3.05, 3.63) is 0 Å². The molecule has 1 rings (SSSR count). The van der Waals surface area contributed by atoms with E-state index in [0.717, 1.165) is 0 Å². The van der Waals surface area contributed by atoms with Crippen LogP contribution in [0.25, 0.3) is 0 Å². The van der Waals surface area contributed by atoms with Gasteiger partial charge in [0.15, 0.2) is 5.73 Å². The molecule has 0 aliphatic carbocycles. The summed E-state index contributed by atoms with van der Waals surface area (Å²) in [6.07, 6.45) is -1.67. The second kappa shape index (κ2) is 5.54. The minimum atomic E-state index is -3.03. The molecule has 4 atom stereocenters. The zero-order valence-electron chi connectivity index (χ0n) is 10.0. The van der Waals surface area contributed by atoms with Crippen LogP contribution in [0.3, 0.4) is 0 Å². The average molecular weight is 252 g/mol. The number of hydrogen-bond acceptors (Lipinski definition) is 6. The van der Waals surface area contributed by atoms with Crippen LogP contribution in [0.5, 0.6) is 0 Å². The van der Waals surface area contributed by atoms with Crippen molar-refractivity contribution >= 4 is 8.80 Å². The third kappa shape index (κ3) is 2.45. The van der Waals surface area contributed by atoms with Gasteiger partial charge in [-0.15, -0.1) is 0 Å². The monoisotopic (exact) mass is 252 g/mol. The fourth-order valence-electron chi connectivity index (χ4n) is 1.89. The normalized spacial score (nSPS) is 36.4. The Balaban J connectivity index is 2.84. The first-order chi connectivity index (χ1) is 7.50. The van der Waals surface area contributed by atoms with E-state index in [1.54, 1.807) is 6.92 Å². The first-order valence-electron chi connectivity index (χ1n) is 5.17. The van der Waals surface area contributed by atoms with Crippen LogP contribution in [0.15, 0.2) is 0 Å². The molecule has 7 heteroatoms. The van der Waals surface area contributed by atoms with Crippen molar-refractivity contribution < 1.29 is 28.2 Å². The highest BCUT2D eigenvalue weighted by Crippen LogP contribution is 2.27. The summed E-state index contributed by atoms with van der Waals surface area (Å²) in [6.45, 7) is 1.74. The molecule has 96 valence electrons. The number of ether oxygens (including phenoxy) is 1. The van der Waals surface area contributed by atoms with Gasteiger partial charge in [0.25, 0.3) is 0 Å². The fraction of sp³-hybridized carbons (Fsp3) is 1.00. The van der Waals surface area contributed by atoms with Crippen LogP contribution >= 0.6 is 0 Å². The van der Waals surface area contributed by atoms with Gasteiger partial charge in [0.1, 0.15) is 0 Å². The molecule has 1 unspecified atom stereocenters. The van der Waals surface area contributed by atoms with Crippen LogP contribution in [0.2, 0.25) is 0 Å². The van der Waals surface area contributed by atoms with Crippen molar-refractivity contribution in [1.29, 1.82) is 0 Å². The molecule has 0 saturated carbocycles. The van der Waals surface area contributed by atoms with E-state index in [1.807, 2.05) is 0 Å². The zero-order chi connectivity index (χ0) is 12.3. The van der Waals surface area contributed by atoms with Crippen molar-refractivity contribution in [2.45, 2.75) is 37.4 Å². The van der Waals surface area contributed by atoms with E-state index in [0.29, 0.717) is 0 Å². The summed E-state index contributed by atoms with van der Waals surface area (Å²) in [5.74, 6) is 0. The summed E-state index contributed by atoms with van der Waals surface area (Å²) in [5.41, 5.74) is -0.661. The molecule has 1 saturated heterocycles. The molecule has 16 heavy (non-hydrogen) atoms. The van der Waals surface area contributed by atoms with Gasteiger partial charge in [-0.3, -0.25) is 0 Å². The first kappa shape index (κ1) is 14.0. The van der Waals surface area contributed by atoms with Crippen LogP contribution in [0.4, 0.5) is 0 Å². The molecule has 0 bridgehead atoms. The third-order valence-electron chi connectivity index (χ3n) is 2.94. The van der Waals surface area contributed by atoms with Gasteiger partial charge < -0.3 is 28.2 Å². The molecule has 1 aliphatic rings. The maximum Gasteiger partial charge on any atom is 0.533 e. The molecule has 6 nitrogen and oxygen atoms in total. The van der Waals surface area contributed by atoms with Crippen molar-refractivity contribution in [2.24, 2.45) is 0 Å². The van der Waals surface area contributed by atoms with E-state index in [4.69, 9.17) is 18.0 Å². The van der Waals surface area contributed by atoms with Crippen LogP contribution in [-0.4, -0.2) is 64.4 Å². The Morgan fingerprint density at radius 2 is 1.56 bits per heavy atom. The average Bonchev–Trinajstić information content (AvgIpc) is 2.28. The lowest BCUT2D eigenvalue weighted by Crippen LogP contribution is -2.64. The van der Waals surface area contributed by atoms with Gasteiger partial charge >= 0.3 is 8.80 Å². The maximum absolute atomic E-state index is 9.90. The molecule has 0 aromatic carbocycles. The Bertz CT molecular complexity index is 214. The highest BCUT2D eigenvalue weighted by atomic mass is 28.4. The molecular weight excluding hydrogens is 232 g/mol. The number of aliphatic hydroxyl groups is 2. The molecule has 1 aliphatic heterocycles. The lowest BCUT2D eigenvalue weighted by Gasteiger charge is -2.41. The summed E-state index contributed by atoms with van der Waals surface area (Å²) in [4.78, 5) is 0. The van der Waals surface area contributed by atoms with Crippen LogP contribution in [0, 0.1) is 0 Å². The highest BCUT2D eigenvalue weighted by Gasteiger charge is 2.55. The highest BCUT2D eigenvalue weighted by molar-refractivity contribution is 6.62. The lowest BCUT2D eigenvalue weighted by atomic mass is 10.1. The van der Waals surface area contributed by atoms with Crippen molar-refractivity contribution in [3.63, 3.8) is 0 Å². The van der Waals surface area contributed by atoms with Crippen LogP contribution in [-0.2, 0) is 18.0 Å². The van der Waals surface area contributed by atoms with E-state index in [-0.39, 0.29) is 12.5 Å². The topological polar surface area (TPSA) is 77.4 Å². The minimum Gasteiger partial charge on any atom is -0.390 e. The molecule has 2 N–H and O–H groups in total. The molecule has 1 heterocycles. The summed E-state index contributed by atoms with van der Waals surface area (Å²) in [6, 6.07) is 0. The molecule has 0 aromatic heterocycles. The van der Waals surface area contributed by atoms with Gasteiger partial charge in [-0.1, -0.05) is 0 Å². The van der Waals surface area contributed by atoms with E-state index >= 15 is 0 Å². The quantitative estimate of drug-likeness (QED) is 0.645. The SMILES string of the molecule is CO[Si](OC)(OC)C1O[C@H](C)[C@@H](O)C[C@H]1O. The smallest absolute Gasteiger partial charge is 0.390 e. The molecule has 0 amide bonds. The third-order valence-corrected chi connectivity index (χ3v) is 5.86. The van der Waals surface area contributed by atoms with Gasteiger partial charge in [-0.2, -0.15) is 0 Å². The summed E-state index contributed by atoms with van der Waals surface area (Å²) >= 11 is 0. The number of rotatable bonds is 4. The Kier molecular flexibility index (Phi) is 4.86. The van der Waals surface area contributed by atoms with Crippen LogP contribution in [0.1, 0.15) is 13.3 Å². The molecule has 0 radical (unpaired) electrons. The predicted molar refractivity (Wildman–Crippen MR) is 57.7 cm³/mol. The van der Waals surface area contributed by atoms with E-state index in [1.165, 1.54) is 21.3 Å². The molecule has 0 aromatic rings. The Morgan fingerprint density at radius 1 is 1.06 bits per heavy atom. The van der Waals surface area contributed by atoms with Gasteiger partial charge in [-0.25, -0.2) is 0 Å². The van der Waals surface area contributed by atoms with E-state index < -0.39 is 26.7 Å². The summed E-state index contributed by atoms with van der Waals surface area (Å²) in [5, 5.41) is 19.5. The van der Waals surface area contributed by atoms with Crippen molar-refractivity contribution in [3.8, 4) is 0 Å². The molecular formula is C9H20O6Si. The lowest BCUT2D eigenvalue weighted by molar-refractivity contribution is -0.156. The predicted octanol–water partition coefficient (Wildman–Crippen LogP) is -0.697. The molecule has 1 fully saturated rings. The van der Waals surface area contributed by atoms with Crippen LogP contribution < -0.4 is 0 Å². The summed E-state index contributed by atoms with van der Waals surface area (Å²) < 4.78 is 21.3. The Morgan fingerprint density at radius 3 is 2.00 bits per heavy atom. The first-order valence-corrected chi connectivity index (χ1v) is 6.98. The van der Waals surface area contributed by atoms with Crippen molar-refractivity contribution in [2.75, 3.05) is 21.3 Å². The van der Waals surface area contributed by atoms with E-state index in [2.05, 4.69) is 0 Å². The number of aliphatic hydroxyl groups excluding tert-OH is 2. The van der Waals surface area contributed by atoms with Gasteiger partial charge in [-0.05, 0) is 6.92 Å². The maximum atomic E-state index is 9.90. The zero-order valence-corrected chi connectivity index (χ0v) is 11.0. The number of hydrogen-bond donors (Lipinski definition) is 2. The Hall–Kier alpha value is -0.0231.